The molecular weight excluding hydrogens is 198 g/mol. The van der Waals surface area contributed by atoms with Crippen LogP contribution in [0.5, 0.6) is 0 Å². The average molecular weight is 214 g/mol. The molecule has 0 aromatic carbocycles. The Labute approximate surface area is 90.1 Å². The zero-order chi connectivity index (χ0) is 10.4. The Morgan fingerprint density at radius 2 is 2.00 bits per heavy atom. The van der Waals surface area contributed by atoms with Crippen LogP contribution in [0.15, 0.2) is 18.5 Å². The van der Waals surface area contributed by atoms with Gasteiger partial charge in [-0.15, -0.1) is 11.6 Å². The monoisotopic (exact) mass is 213 g/mol. The first-order valence-corrected chi connectivity index (χ1v) is 5.33. The van der Waals surface area contributed by atoms with Crippen molar-refractivity contribution < 1.29 is 0 Å². The average Bonchev–Trinajstić information content (AvgIpc) is 2.18. The first kappa shape index (κ1) is 11.4. The van der Waals surface area contributed by atoms with Crippen molar-refractivity contribution in [1.29, 1.82) is 0 Å². The van der Waals surface area contributed by atoms with Crippen molar-refractivity contribution in [3.05, 3.63) is 24.3 Å². The molecule has 0 unspecified atom stereocenters. The predicted molar refractivity (Wildman–Crippen MR) is 58.3 cm³/mol. The lowest BCUT2D eigenvalue weighted by atomic mass is 10.3. The van der Waals surface area contributed by atoms with Crippen LogP contribution in [-0.4, -0.2) is 33.3 Å². The summed E-state index contributed by atoms with van der Waals surface area (Å²) in [5.74, 6) is 1.50. The molecule has 0 saturated carbocycles. The highest BCUT2D eigenvalue weighted by molar-refractivity contribution is 6.18. The van der Waals surface area contributed by atoms with E-state index < -0.39 is 0 Å². The van der Waals surface area contributed by atoms with E-state index in [1.165, 1.54) is 0 Å². The van der Waals surface area contributed by atoms with Crippen LogP contribution < -0.4 is 0 Å². The molecule has 0 aliphatic rings. The van der Waals surface area contributed by atoms with Crippen LogP contribution >= 0.6 is 11.6 Å². The summed E-state index contributed by atoms with van der Waals surface area (Å²) in [5.41, 5.74) is 0. The fourth-order valence-electron chi connectivity index (χ4n) is 1.22. The molecule has 14 heavy (non-hydrogen) atoms. The van der Waals surface area contributed by atoms with Gasteiger partial charge in [-0.05, 0) is 19.9 Å². The van der Waals surface area contributed by atoms with Gasteiger partial charge in [-0.25, -0.2) is 9.97 Å². The number of hydrogen-bond donors (Lipinski definition) is 0. The predicted octanol–water partition coefficient (Wildman–Crippen LogP) is 1.93. The van der Waals surface area contributed by atoms with Crippen LogP contribution in [0.25, 0.3) is 0 Å². The standard InChI is InChI=1S/C10H16ClN3/c1-9(2)14(7-4-11)8-10-12-5-3-6-13-10/h3,5-6,9H,4,7-8H2,1-2H3. The second-order valence-electron chi connectivity index (χ2n) is 3.42. The molecule has 0 fully saturated rings. The molecule has 0 bridgehead atoms. The molecule has 0 amide bonds. The number of rotatable bonds is 5. The molecular formula is C10H16ClN3. The Morgan fingerprint density at radius 1 is 1.36 bits per heavy atom. The van der Waals surface area contributed by atoms with Gasteiger partial charge in [0.1, 0.15) is 5.82 Å². The molecule has 0 atom stereocenters. The Bertz CT molecular complexity index is 251. The van der Waals surface area contributed by atoms with Crippen molar-refractivity contribution >= 4 is 11.6 Å². The van der Waals surface area contributed by atoms with Crippen LogP contribution in [0.2, 0.25) is 0 Å². The van der Waals surface area contributed by atoms with Gasteiger partial charge in [-0.3, -0.25) is 4.90 Å². The van der Waals surface area contributed by atoms with Gasteiger partial charge in [-0.1, -0.05) is 0 Å². The molecule has 0 radical (unpaired) electrons. The molecule has 1 rings (SSSR count). The second-order valence-corrected chi connectivity index (χ2v) is 3.80. The first-order valence-electron chi connectivity index (χ1n) is 4.80. The van der Waals surface area contributed by atoms with Gasteiger partial charge in [0.25, 0.3) is 0 Å². The number of halogens is 1. The third-order valence-corrected chi connectivity index (χ3v) is 2.23. The highest BCUT2D eigenvalue weighted by Crippen LogP contribution is 2.03. The lowest BCUT2D eigenvalue weighted by molar-refractivity contribution is 0.220. The largest absolute Gasteiger partial charge is 0.292 e. The molecule has 1 aromatic rings. The van der Waals surface area contributed by atoms with E-state index in [0.29, 0.717) is 11.9 Å². The fourth-order valence-corrected chi connectivity index (χ4v) is 1.44. The van der Waals surface area contributed by atoms with E-state index in [0.717, 1.165) is 18.9 Å². The number of alkyl halides is 1. The van der Waals surface area contributed by atoms with Crippen molar-refractivity contribution in [3.8, 4) is 0 Å². The van der Waals surface area contributed by atoms with Crippen molar-refractivity contribution in [2.45, 2.75) is 26.4 Å². The third kappa shape index (κ3) is 3.60. The quantitative estimate of drug-likeness (QED) is 0.700. The minimum Gasteiger partial charge on any atom is -0.292 e. The number of nitrogens with zero attached hydrogens (tertiary/aromatic N) is 3. The summed E-state index contributed by atoms with van der Waals surface area (Å²) in [6.45, 7) is 5.94. The van der Waals surface area contributed by atoms with Crippen molar-refractivity contribution in [3.63, 3.8) is 0 Å². The first-order chi connectivity index (χ1) is 6.74. The maximum absolute atomic E-state index is 5.72. The highest BCUT2D eigenvalue weighted by Gasteiger charge is 2.10. The molecule has 3 nitrogen and oxygen atoms in total. The minimum absolute atomic E-state index is 0.470. The Kier molecular flexibility index (Phi) is 4.84. The molecule has 1 aromatic heterocycles. The van der Waals surface area contributed by atoms with E-state index in [4.69, 9.17) is 11.6 Å². The lowest BCUT2D eigenvalue weighted by Gasteiger charge is -2.24. The Morgan fingerprint density at radius 3 is 2.50 bits per heavy atom. The zero-order valence-electron chi connectivity index (χ0n) is 8.65. The molecule has 0 aliphatic heterocycles. The lowest BCUT2D eigenvalue weighted by Crippen LogP contribution is -2.32. The van der Waals surface area contributed by atoms with Crippen molar-refractivity contribution in [2.24, 2.45) is 0 Å². The summed E-state index contributed by atoms with van der Waals surface area (Å²) < 4.78 is 0. The van der Waals surface area contributed by atoms with Gasteiger partial charge >= 0.3 is 0 Å². The van der Waals surface area contributed by atoms with E-state index in [1.807, 2.05) is 6.07 Å². The summed E-state index contributed by atoms with van der Waals surface area (Å²) in [4.78, 5) is 10.6. The van der Waals surface area contributed by atoms with Gasteiger partial charge in [0, 0.05) is 30.9 Å². The maximum atomic E-state index is 5.72. The van der Waals surface area contributed by atoms with Crippen LogP contribution in [0.1, 0.15) is 19.7 Å². The summed E-state index contributed by atoms with van der Waals surface area (Å²) in [7, 11) is 0. The second kappa shape index (κ2) is 5.94. The van der Waals surface area contributed by atoms with Gasteiger partial charge in [0.2, 0.25) is 0 Å². The highest BCUT2D eigenvalue weighted by atomic mass is 35.5. The summed E-state index contributed by atoms with van der Waals surface area (Å²) in [5, 5.41) is 0. The topological polar surface area (TPSA) is 29.0 Å². The normalized spacial score (nSPS) is 11.2. The van der Waals surface area contributed by atoms with Gasteiger partial charge in [0.15, 0.2) is 0 Å². The molecule has 0 N–H and O–H groups in total. The van der Waals surface area contributed by atoms with E-state index >= 15 is 0 Å². The Balaban J connectivity index is 2.55. The molecule has 0 saturated heterocycles. The van der Waals surface area contributed by atoms with Gasteiger partial charge < -0.3 is 0 Å². The van der Waals surface area contributed by atoms with Crippen LogP contribution in [-0.2, 0) is 6.54 Å². The van der Waals surface area contributed by atoms with E-state index in [2.05, 4.69) is 28.7 Å². The van der Waals surface area contributed by atoms with Gasteiger partial charge in [-0.2, -0.15) is 0 Å². The summed E-state index contributed by atoms with van der Waals surface area (Å²) >= 11 is 5.72. The fraction of sp³-hybridized carbons (Fsp3) is 0.600. The SMILES string of the molecule is CC(C)N(CCCl)Cc1ncccn1. The molecule has 4 heteroatoms. The number of aromatic nitrogens is 2. The van der Waals surface area contributed by atoms with E-state index in [-0.39, 0.29) is 0 Å². The summed E-state index contributed by atoms with van der Waals surface area (Å²) in [6.07, 6.45) is 3.53. The van der Waals surface area contributed by atoms with E-state index in [1.54, 1.807) is 12.4 Å². The van der Waals surface area contributed by atoms with Crippen LogP contribution in [0.4, 0.5) is 0 Å². The Hall–Kier alpha value is -0.670. The maximum Gasteiger partial charge on any atom is 0.142 e. The molecule has 0 spiro atoms. The number of hydrogen-bond acceptors (Lipinski definition) is 3. The van der Waals surface area contributed by atoms with Crippen LogP contribution in [0, 0.1) is 0 Å². The third-order valence-electron chi connectivity index (χ3n) is 2.07. The minimum atomic E-state index is 0.470. The molecule has 0 aliphatic carbocycles. The smallest absolute Gasteiger partial charge is 0.142 e. The van der Waals surface area contributed by atoms with E-state index in [9.17, 15) is 0 Å². The van der Waals surface area contributed by atoms with Crippen molar-refractivity contribution in [2.75, 3.05) is 12.4 Å². The van der Waals surface area contributed by atoms with Crippen LogP contribution in [0.3, 0.4) is 0 Å². The van der Waals surface area contributed by atoms with Crippen molar-refractivity contribution in [1.82, 2.24) is 14.9 Å². The van der Waals surface area contributed by atoms with Gasteiger partial charge in [0.05, 0.1) is 6.54 Å². The molecule has 1 heterocycles. The summed E-state index contributed by atoms with van der Waals surface area (Å²) in [6, 6.07) is 2.29. The molecule has 78 valence electrons. The zero-order valence-corrected chi connectivity index (χ0v) is 9.41.